The van der Waals surface area contributed by atoms with E-state index in [-0.39, 0.29) is 18.3 Å². The number of rotatable bonds is 4. The maximum absolute atomic E-state index is 12.2. The van der Waals surface area contributed by atoms with Crippen molar-refractivity contribution in [3.8, 4) is 0 Å². The van der Waals surface area contributed by atoms with Gasteiger partial charge in [0.25, 0.3) is 5.91 Å². The van der Waals surface area contributed by atoms with Crippen LogP contribution in [0.5, 0.6) is 0 Å². The van der Waals surface area contributed by atoms with Crippen molar-refractivity contribution in [3.05, 3.63) is 16.1 Å². The highest BCUT2D eigenvalue weighted by Crippen LogP contribution is 2.24. The van der Waals surface area contributed by atoms with E-state index in [1.165, 1.54) is 17.8 Å². The van der Waals surface area contributed by atoms with Gasteiger partial charge in [0.1, 0.15) is 10.7 Å². The molecule has 1 unspecified atom stereocenters. The molecule has 0 bridgehead atoms. The minimum atomic E-state index is 0. The molecule has 0 radical (unpaired) electrons. The van der Waals surface area contributed by atoms with Gasteiger partial charge in [-0.3, -0.25) is 4.79 Å². The predicted octanol–water partition coefficient (Wildman–Crippen LogP) is 2.53. The van der Waals surface area contributed by atoms with Crippen LogP contribution in [0.3, 0.4) is 0 Å². The third kappa shape index (κ3) is 4.16. The molecule has 1 aromatic rings. The van der Waals surface area contributed by atoms with Gasteiger partial charge in [0.15, 0.2) is 0 Å². The summed E-state index contributed by atoms with van der Waals surface area (Å²) in [6.45, 7) is 6.63. The molecule has 1 aliphatic heterocycles. The zero-order valence-electron chi connectivity index (χ0n) is 11.5. The van der Waals surface area contributed by atoms with Gasteiger partial charge >= 0.3 is 0 Å². The van der Waals surface area contributed by atoms with Gasteiger partial charge in [-0.2, -0.15) is 0 Å². The number of hydrogen-bond acceptors (Lipinski definition) is 4. The van der Waals surface area contributed by atoms with E-state index < -0.39 is 0 Å². The number of carbonyl (C=O) groups is 1. The summed E-state index contributed by atoms with van der Waals surface area (Å²) >= 11 is 1.46. The summed E-state index contributed by atoms with van der Waals surface area (Å²) in [7, 11) is 0. The monoisotopic (exact) mass is 303 g/mol. The van der Waals surface area contributed by atoms with Gasteiger partial charge in [0.2, 0.25) is 0 Å². The summed E-state index contributed by atoms with van der Waals surface area (Å²) in [5.74, 6) is 1.42. The number of nitrogens with two attached hydrogens (primary N) is 1. The number of thiazole rings is 1. The highest BCUT2D eigenvalue weighted by molar-refractivity contribution is 7.09. The van der Waals surface area contributed by atoms with Crippen LogP contribution >= 0.6 is 23.7 Å². The Kier molecular flexibility index (Phi) is 6.23. The van der Waals surface area contributed by atoms with Crippen LogP contribution in [0.25, 0.3) is 0 Å². The van der Waals surface area contributed by atoms with E-state index in [1.807, 2.05) is 10.3 Å². The van der Waals surface area contributed by atoms with Crippen molar-refractivity contribution in [1.82, 2.24) is 9.88 Å². The van der Waals surface area contributed by atoms with Gasteiger partial charge in [0, 0.05) is 25.0 Å². The van der Waals surface area contributed by atoms with Crippen LogP contribution in [-0.4, -0.2) is 28.9 Å². The minimum absolute atomic E-state index is 0. The van der Waals surface area contributed by atoms with Crippen molar-refractivity contribution >= 4 is 29.7 Å². The van der Waals surface area contributed by atoms with Gasteiger partial charge in [0.05, 0.1) is 0 Å². The molecule has 2 rings (SSSR count). The van der Waals surface area contributed by atoms with E-state index in [0.717, 1.165) is 24.5 Å². The zero-order chi connectivity index (χ0) is 13.1. The number of carbonyl (C=O) groups excluding carboxylic acids is 1. The minimum Gasteiger partial charge on any atom is -0.337 e. The van der Waals surface area contributed by atoms with Crippen LogP contribution in [0.2, 0.25) is 0 Å². The molecule has 6 heteroatoms. The molecule has 19 heavy (non-hydrogen) atoms. The molecular formula is C13H22ClN3OS. The smallest absolute Gasteiger partial charge is 0.273 e. The molecule has 2 heterocycles. The summed E-state index contributed by atoms with van der Waals surface area (Å²) in [6, 6.07) is 0. The van der Waals surface area contributed by atoms with Gasteiger partial charge < -0.3 is 10.6 Å². The third-order valence-electron chi connectivity index (χ3n) is 3.32. The van der Waals surface area contributed by atoms with Crippen LogP contribution in [0, 0.1) is 11.8 Å². The van der Waals surface area contributed by atoms with E-state index in [4.69, 9.17) is 5.73 Å². The van der Waals surface area contributed by atoms with Crippen LogP contribution in [-0.2, 0) is 6.54 Å². The van der Waals surface area contributed by atoms with Crippen molar-refractivity contribution in [2.24, 2.45) is 17.6 Å². The van der Waals surface area contributed by atoms with Crippen molar-refractivity contribution in [1.29, 1.82) is 0 Å². The predicted molar refractivity (Wildman–Crippen MR) is 80.7 cm³/mol. The van der Waals surface area contributed by atoms with Crippen molar-refractivity contribution in [2.45, 2.75) is 33.2 Å². The SMILES string of the molecule is CC(C)CC1CCN(C(=O)c2csc(CN)n2)C1.Cl. The molecule has 0 saturated carbocycles. The largest absolute Gasteiger partial charge is 0.337 e. The average Bonchev–Trinajstić information content (AvgIpc) is 2.95. The summed E-state index contributed by atoms with van der Waals surface area (Å²) in [5.41, 5.74) is 6.08. The quantitative estimate of drug-likeness (QED) is 0.930. The second-order valence-electron chi connectivity index (χ2n) is 5.37. The topological polar surface area (TPSA) is 59.2 Å². The number of amides is 1. The number of likely N-dealkylation sites (tertiary alicyclic amines) is 1. The van der Waals surface area contributed by atoms with Gasteiger partial charge in [-0.15, -0.1) is 23.7 Å². The van der Waals surface area contributed by atoms with E-state index in [0.29, 0.717) is 24.1 Å². The molecule has 108 valence electrons. The number of aromatic nitrogens is 1. The van der Waals surface area contributed by atoms with E-state index in [1.54, 1.807) is 0 Å². The summed E-state index contributed by atoms with van der Waals surface area (Å²) < 4.78 is 0. The maximum Gasteiger partial charge on any atom is 0.273 e. The van der Waals surface area contributed by atoms with E-state index in [2.05, 4.69) is 18.8 Å². The van der Waals surface area contributed by atoms with Crippen LogP contribution < -0.4 is 5.73 Å². The maximum atomic E-state index is 12.2. The lowest BCUT2D eigenvalue weighted by Gasteiger charge is -2.16. The molecule has 0 aromatic carbocycles. The first-order chi connectivity index (χ1) is 8.60. The number of nitrogens with zero attached hydrogens (tertiary/aromatic N) is 2. The van der Waals surface area contributed by atoms with Crippen molar-refractivity contribution in [2.75, 3.05) is 13.1 Å². The Balaban J connectivity index is 0.00000180. The van der Waals surface area contributed by atoms with Gasteiger partial charge in [-0.05, 0) is 24.7 Å². The van der Waals surface area contributed by atoms with Crippen molar-refractivity contribution in [3.63, 3.8) is 0 Å². The molecule has 0 spiro atoms. The Morgan fingerprint density at radius 1 is 1.63 bits per heavy atom. The molecule has 4 nitrogen and oxygen atoms in total. The number of halogens is 1. The van der Waals surface area contributed by atoms with Crippen molar-refractivity contribution < 1.29 is 4.79 Å². The van der Waals surface area contributed by atoms with Crippen LogP contribution in [0.15, 0.2) is 5.38 Å². The lowest BCUT2D eigenvalue weighted by Crippen LogP contribution is -2.29. The molecule has 1 amide bonds. The average molecular weight is 304 g/mol. The lowest BCUT2D eigenvalue weighted by molar-refractivity contribution is 0.0780. The van der Waals surface area contributed by atoms with Crippen LogP contribution in [0.1, 0.15) is 42.2 Å². The summed E-state index contributed by atoms with van der Waals surface area (Å²) in [4.78, 5) is 18.4. The Bertz CT molecular complexity index is 422. The highest BCUT2D eigenvalue weighted by atomic mass is 35.5. The second-order valence-corrected chi connectivity index (χ2v) is 6.31. The molecule has 1 aliphatic rings. The fraction of sp³-hybridized carbons (Fsp3) is 0.692. The second kappa shape index (κ2) is 7.22. The first-order valence-electron chi connectivity index (χ1n) is 6.54. The van der Waals surface area contributed by atoms with Crippen LogP contribution in [0.4, 0.5) is 0 Å². The summed E-state index contributed by atoms with van der Waals surface area (Å²) in [6.07, 6.45) is 2.33. The molecule has 1 fully saturated rings. The summed E-state index contributed by atoms with van der Waals surface area (Å²) in [5, 5.41) is 2.65. The Labute approximate surface area is 124 Å². The Morgan fingerprint density at radius 3 is 2.95 bits per heavy atom. The molecular weight excluding hydrogens is 282 g/mol. The number of hydrogen-bond donors (Lipinski definition) is 1. The molecule has 2 N–H and O–H groups in total. The fourth-order valence-electron chi connectivity index (χ4n) is 2.54. The van der Waals surface area contributed by atoms with E-state index >= 15 is 0 Å². The standard InChI is InChI=1S/C13H21N3OS.ClH/c1-9(2)5-10-3-4-16(7-10)13(17)11-8-18-12(6-14)15-11;/h8-10H,3-7,14H2,1-2H3;1H. The van der Waals surface area contributed by atoms with Gasteiger partial charge in [-0.25, -0.2) is 4.98 Å². The molecule has 1 saturated heterocycles. The normalized spacial score (nSPS) is 18.7. The first kappa shape index (κ1) is 16.4. The first-order valence-corrected chi connectivity index (χ1v) is 7.42. The molecule has 1 atom stereocenters. The third-order valence-corrected chi connectivity index (χ3v) is 4.19. The Hall–Kier alpha value is -0.650. The lowest BCUT2D eigenvalue weighted by atomic mass is 9.97. The Morgan fingerprint density at radius 2 is 2.37 bits per heavy atom. The zero-order valence-corrected chi connectivity index (χ0v) is 13.1. The van der Waals surface area contributed by atoms with Gasteiger partial charge in [-0.1, -0.05) is 13.8 Å². The van der Waals surface area contributed by atoms with E-state index in [9.17, 15) is 4.79 Å². The molecule has 0 aliphatic carbocycles. The highest BCUT2D eigenvalue weighted by Gasteiger charge is 2.28. The molecule has 1 aromatic heterocycles. The fourth-order valence-corrected chi connectivity index (χ4v) is 3.19.